The fraction of sp³-hybridized carbons (Fsp3) is 0.250. The molecule has 0 aliphatic rings. The van der Waals surface area contributed by atoms with Crippen LogP contribution in [0, 0.1) is 6.92 Å². The molecule has 3 nitrogen and oxygen atoms in total. The number of aliphatic hydroxyl groups excluding tert-OH is 1. The van der Waals surface area contributed by atoms with Crippen molar-refractivity contribution in [3.8, 4) is 0 Å². The Morgan fingerprint density at radius 2 is 2.13 bits per heavy atom. The predicted molar refractivity (Wildman–Crippen MR) is 60.5 cm³/mol. The molecule has 78 valence electrons. The van der Waals surface area contributed by atoms with E-state index >= 15 is 0 Å². The van der Waals surface area contributed by atoms with Gasteiger partial charge in [-0.3, -0.25) is 4.98 Å². The van der Waals surface area contributed by atoms with Crippen LogP contribution in [0.1, 0.15) is 17.3 Å². The van der Waals surface area contributed by atoms with Crippen molar-refractivity contribution in [3.05, 3.63) is 41.7 Å². The lowest BCUT2D eigenvalue weighted by Crippen LogP contribution is -2.14. The molecule has 1 aromatic carbocycles. The summed E-state index contributed by atoms with van der Waals surface area (Å²) in [6.07, 6.45) is 1.83. The third-order valence-electron chi connectivity index (χ3n) is 2.51. The smallest absolute Gasteiger partial charge is 0.0624 e. The van der Waals surface area contributed by atoms with Gasteiger partial charge in [-0.15, -0.1) is 0 Å². The lowest BCUT2D eigenvalue weighted by atomic mass is 10.0. The van der Waals surface area contributed by atoms with E-state index in [0.717, 1.165) is 22.0 Å². The maximum Gasteiger partial charge on any atom is 0.0624 e. The molecule has 0 bridgehead atoms. The van der Waals surface area contributed by atoms with Gasteiger partial charge in [0, 0.05) is 17.3 Å². The van der Waals surface area contributed by atoms with Crippen LogP contribution in [-0.2, 0) is 0 Å². The number of rotatable bonds is 2. The number of aromatic nitrogens is 1. The van der Waals surface area contributed by atoms with Gasteiger partial charge in [-0.2, -0.15) is 0 Å². The molecule has 1 aromatic heterocycles. The Balaban J connectivity index is 2.52. The molecule has 1 unspecified atom stereocenters. The molecule has 1 atom stereocenters. The number of hydrogen-bond acceptors (Lipinski definition) is 3. The van der Waals surface area contributed by atoms with Gasteiger partial charge in [0.25, 0.3) is 0 Å². The molecule has 0 saturated heterocycles. The molecule has 0 amide bonds. The maximum absolute atomic E-state index is 8.96. The highest BCUT2D eigenvalue weighted by atomic mass is 16.3. The van der Waals surface area contributed by atoms with Crippen LogP contribution >= 0.6 is 0 Å². The van der Waals surface area contributed by atoms with E-state index in [1.807, 2.05) is 37.4 Å². The molecule has 3 N–H and O–H groups in total. The molecule has 0 radical (unpaired) electrons. The Bertz CT molecular complexity index is 482. The molecule has 0 aliphatic carbocycles. The van der Waals surface area contributed by atoms with E-state index in [4.69, 9.17) is 10.8 Å². The van der Waals surface area contributed by atoms with E-state index in [9.17, 15) is 0 Å². The molecule has 15 heavy (non-hydrogen) atoms. The second-order valence-electron chi connectivity index (χ2n) is 3.72. The number of nitrogens with zero attached hydrogens (tertiary/aromatic N) is 1. The summed E-state index contributed by atoms with van der Waals surface area (Å²) in [4.78, 5) is 4.23. The van der Waals surface area contributed by atoms with Crippen molar-refractivity contribution in [1.29, 1.82) is 0 Å². The standard InChI is InChI=1S/C12H14N2O/c1-8-4-9-2-3-10(12(13)7-15)5-11(9)6-14-8/h2-6,12,15H,7,13H2,1H3. The summed E-state index contributed by atoms with van der Waals surface area (Å²) in [5.41, 5.74) is 7.69. The van der Waals surface area contributed by atoms with Crippen molar-refractivity contribution in [1.82, 2.24) is 4.98 Å². The van der Waals surface area contributed by atoms with Crippen LogP contribution in [0.3, 0.4) is 0 Å². The van der Waals surface area contributed by atoms with E-state index < -0.39 is 0 Å². The van der Waals surface area contributed by atoms with Crippen LogP contribution in [0.5, 0.6) is 0 Å². The SMILES string of the molecule is Cc1cc2ccc(C(N)CO)cc2cn1. The topological polar surface area (TPSA) is 59.1 Å². The molecular weight excluding hydrogens is 188 g/mol. The summed E-state index contributed by atoms with van der Waals surface area (Å²) >= 11 is 0. The fourth-order valence-corrected chi connectivity index (χ4v) is 1.61. The number of aliphatic hydroxyl groups is 1. The third-order valence-corrected chi connectivity index (χ3v) is 2.51. The molecule has 0 fully saturated rings. The van der Waals surface area contributed by atoms with Crippen molar-refractivity contribution >= 4 is 10.8 Å². The first-order valence-electron chi connectivity index (χ1n) is 4.93. The summed E-state index contributed by atoms with van der Waals surface area (Å²) in [5.74, 6) is 0. The van der Waals surface area contributed by atoms with E-state index in [1.165, 1.54) is 0 Å². The van der Waals surface area contributed by atoms with Gasteiger partial charge in [-0.1, -0.05) is 12.1 Å². The number of fused-ring (bicyclic) bond motifs is 1. The van der Waals surface area contributed by atoms with Gasteiger partial charge in [-0.05, 0) is 30.0 Å². The molecule has 2 rings (SSSR count). The van der Waals surface area contributed by atoms with Crippen molar-refractivity contribution in [2.75, 3.05) is 6.61 Å². The quantitative estimate of drug-likeness (QED) is 0.776. The van der Waals surface area contributed by atoms with Gasteiger partial charge in [0.1, 0.15) is 0 Å². The normalized spacial score (nSPS) is 13.0. The monoisotopic (exact) mass is 202 g/mol. The summed E-state index contributed by atoms with van der Waals surface area (Å²) < 4.78 is 0. The van der Waals surface area contributed by atoms with Gasteiger partial charge in [0.2, 0.25) is 0 Å². The van der Waals surface area contributed by atoms with Crippen LogP contribution in [0.25, 0.3) is 10.8 Å². The van der Waals surface area contributed by atoms with Gasteiger partial charge in [0.05, 0.1) is 12.6 Å². The fourth-order valence-electron chi connectivity index (χ4n) is 1.61. The molecule has 3 heteroatoms. The highest BCUT2D eigenvalue weighted by molar-refractivity contribution is 5.82. The Kier molecular flexibility index (Phi) is 2.66. The summed E-state index contributed by atoms with van der Waals surface area (Å²) in [6, 6.07) is 7.65. The Morgan fingerprint density at radius 3 is 2.87 bits per heavy atom. The Hall–Kier alpha value is -1.45. The first-order valence-corrected chi connectivity index (χ1v) is 4.93. The summed E-state index contributed by atoms with van der Waals surface area (Å²) in [5, 5.41) is 11.2. The zero-order valence-corrected chi connectivity index (χ0v) is 8.64. The largest absolute Gasteiger partial charge is 0.394 e. The van der Waals surface area contributed by atoms with E-state index in [1.54, 1.807) is 0 Å². The minimum Gasteiger partial charge on any atom is -0.394 e. The van der Waals surface area contributed by atoms with E-state index in [-0.39, 0.29) is 12.6 Å². The minimum atomic E-state index is -0.310. The zero-order chi connectivity index (χ0) is 10.8. The number of hydrogen-bond donors (Lipinski definition) is 2. The van der Waals surface area contributed by atoms with Crippen LogP contribution in [0.2, 0.25) is 0 Å². The highest BCUT2D eigenvalue weighted by Gasteiger charge is 2.04. The number of pyridine rings is 1. The average molecular weight is 202 g/mol. The maximum atomic E-state index is 8.96. The molecular formula is C12H14N2O. The third kappa shape index (κ3) is 1.98. The summed E-state index contributed by atoms with van der Waals surface area (Å²) in [7, 11) is 0. The predicted octanol–water partition coefficient (Wildman–Crippen LogP) is 1.54. The molecule has 2 aromatic rings. The average Bonchev–Trinajstić information content (AvgIpc) is 2.27. The highest BCUT2D eigenvalue weighted by Crippen LogP contribution is 2.19. The van der Waals surface area contributed by atoms with Crippen LogP contribution in [-0.4, -0.2) is 16.7 Å². The van der Waals surface area contributed by atoms with Crippen LogP contribution < -0.4 is 5.73 Å². The van der Waals surface area contributed by atoms with E-state index in [2.05, 4.69) is 4.98 Å². The zero-order valence-electron chi connectivity index (χ0n) is 8.64. The number of benzene rings is 1. The van der Waals surface area contributed by atoms with Crippen molar-refractivity contribution in [2.45, 2.75) is 13.0 Å². The lowest BCUT2D eigenvalue weighted by Gasteiger charge is -2.09. The Labute approximate surface area is 88.6 Å². The second kappa shape index (κ2) is 3.96. The number of aryl methyl sites for hydroxylation is 1. The van der Waals surface area contributed by atoms with Gasteiger partial charge in [-0.25, -0.2) is 0 Å². The van der Waals surface area contributed by atoms with Crippen LogP contribution in [0.15, 0.2) is 30.5 Å². The summed E-state index contributed by atoms with van der Waals surface area (Å²) in [6.45, 7) is 1.93. The first-order chi connectivity index (χ1) is 7.20. The molecule has 0 spiro atoms. The number of nitrogens with two attached hydrogens (primary N) is 1. The lowest BCUT2D eigenvalue weighted by molar-refractivity contribution is 0.268. The minimum absolute atomic E-state index is 0.0369. The molecule has 0 saturated carbocycles. The van der Waals surface area contributed by atoms with Crippen molar-refractivity contribution < 1.29 is 5.11 Å². The van der Waals surface area contributed by atoms with Gasteiger partial charge in [0.15, 0.2) is 0 Å². The van der Waals surface area contributed by atoms with Crippen LogP contribution in [0.4, 0.5) is 0 Å². The first kappa shape index (κ1) is 10.1. The Morgan fingerprint density at radius 1 is 1.33 bits per heavy atom. The molecule has 1 heterocycles. The van der Waals surface area contributed by atoms with Crippen molar-refractivity contribution in [2.24, 2.45) is 5.73 Å². The van der Waals surface area contributed by atoms with Crippen molar-refractivity contribution in [3.63, 3.8) is 0 Å². The van der Waals surface area contributed by atoms with Gasteiger partial charge < -0.3 is 10.8 Å². The second-order valence-corrected chi connectivity index (χ2v) is 3.72. The molecule has 0 aliphatic heterocycles. The van der Waals surface area contributed by atoms with Gasteiger partial charge >= 0.3 is 0 Å². The van der Waals surface area contributed by atoms with E-state index in [0.29, 0.717) is 0 Å².